The molecule has 10 heteroatoms. The maximum atomic E-state index is 12.5. The third kappa shape index (κ3) is 4.72. The van der Waals surface area contributed by atoms with Crippen LogP contribution >= 0.6 is 23.2 Å². The van der Waals surface area contributed by atoms with Gasteiger partial charge in [0.25, 0.3) is 0 Å². The van der Waals surface area contributed by atoms with Gasteiger partial charge in [0.1, 0.15) is 17.3 Å². The van der Waals surface area contributed by atoms with Gasteiger partial charge in [0, 0.05) is 24.7 Å². The van der Waals surface area contributed by atoms with Crippen LogP contribution in [0.15, 0.2) is 17.0 Å². The Morgan fingerprint density at radius 3 is 2.55 bits per heavy atom. The molecule has 124 valence electrons. The number of carboxylic acid groups (broad SMARTS) is 1. The Hall–Kier alpha value is -1.06. The summed E-state index contributed by atoms with van der Waals surface area (Å²) in [5.41, 5.74) is 0. The van der Waals surface area contributed by atoms with Gasteiger partial charge in [-0.15, -0.1) is 0 Å². The molecule has 0 unspecified atom stereocenters. The van der Waals surface area contributed by atoms with Crippen molar-refractivity contribution in [3.05, 3.63) is 22.2 Å². The topological polar surface area (TPSA) is 93.1 Å². The molecule has 0 aliphatic rings. The lowest BCUT2D eigenvalue weighted by Gasteiger charge is -2.19. The lowest BCUT2D eigenvalue weighted by molar-refractivity contribution is -0.142. The van der Waals surface area contributed by atoms with E-state index in [9.17, 15) is 13.2 Å². The van der Waals surface area contributed by atoms with E-state index in [1.54, 1.807) is 0 Å². The summed E-state index contributed by atoms with van der Waals surface area (Å²) in [6, 6.07) is 2.64. The Morgan fingerprint density at radius 1 is 1.36 bits per heavy atom. The van der Waals surface area contributed by atoms with E-state index in [2.05, 4.69) is 0 Å². The van der Waals surface area contributed by atoms with Crippen LogP contribution in [0, 0.1) is 0 Å². The number of halogens is 2. The number of ether oxygens (including phenoxy) is 2. The zero-order valence-electron chi connectivity index (χ0n) is 11.9. The van der Waals surface area contributed by atoms with Crippen molar-refractivity contribution in [2.24, 2.45) is 0 Å². The Kier molecular flexibility index (Phi) is 6.89. The van der Waals surface area contributed by atoms with Gasteiger partial charge in [0.05, 0.1) is 18.7 Å². The number of likely N-dealkylation sites (N-methyl/N-ethyl adjacent to an activating group) is 1. The molecule has 1 rings (SSSR count). The first-order chi connectivity index (χ1) is 10.2. The number of rotatable bonds is 8. The highest BCUT2D eigenvalue weighted by molar-refractivity contribution is 7.89. The fraction of sp³-hybridized carbons (Fsp3) is 0.417. The van der Waals surface area contributed by atoms with Gasteiger partial charge in [-0.1, -0.05) is 23.2 Å². The summed E-state index contributed by atoms with van der Waals surface area (Å²) in [5, 5.41) is 8.62. The van der Waals surface area contributed by atoms with E-state index in [4.69, 9.17) is 37.8 Å². The number of carboxylic acids is 1. The molecule has 0 aliphatic heterocycles. The van der Waals surface area contributed by atoms with Crippen molar-refractivity contribution < 1.29 is 27.8 Å². The molecule has 0 aliphatic carbocycles. The van der Waals surface area contributed by atoms with E-state index in [1.807, 2.05) is 0 Å². The molecule has 0 amide bonds. The maximum absolute atomic E-state index is 12.5. The van der Waals surface area contributed by atoms with E-state index >= 15 is 0 Å². The standard InChI is InChI=1S/C12H15Cl2NO6S/c1-15(3-4-21-7-11(16)17)22(18,19)12-9(14)5-8(13)6-10(12)20-2/h5-6H,3-4,7H2,1-2H3,(H,16,17). The number of methoxy groups -OCH3 is 1. The first-order valence-corrected chi connectivity index (χ1v) is 8.18. The van der Waals surface area contributed by atoms with Gasteiger partial charge in [-0.3, -0.25) is 0 Å². The summed E-state index contributed by atoms with van der Waals surface area (Å²) in [6.07, 6.45) is 0. The number of aliphatic carboxylic acids is 1. The van der Waals surface area contributed by atoms with Gasteiger partial charge in [-0.05, 0) is 6.07 Å². The summed E-state index contributed by atoms with van der Waals surface area (Å²) in [6.45, 7) is -0.619. The molecule has 0 heterocycles. The van der Waals surface area contributed by atoms with Crippen LogP contribution < -0.4 is 4.74 Å². The first-order valence-electron chi connectivity index (χ1n) is 5.99. The zero-order valence-corrected chi connectivity index (χ0v) is 14.2. The quantitative estimate of drug-likeness (QED) is 0.699. The van der Waals surface area contributed by atoms with Crippen LogP contribution in [0.25, 0.3) is 0 Å². The average molecular weight is 372 g/mol. The van der Waals surface area contributed by atoms with Crippen LogP contribution in [0.3, 0.4) is 0 Å². The molecule has 1 aromatic rings. The molecule has 0 saturated carbocycles. The average Bonchev–Trinajstić information content (AvgIpc) is 2.41. The maximum Gasteiger partial charge on any atom is 0.329 e. The minimum atomic E-state index is -3.94. The molecule has 1 aromatic carbocycles. The summed E-state index contributed by atoms with van der Waals surface area (Å²) >= 11 is 11.8. The monoisotopic (exact) mass is 371 g/mol. The van der Waals surface area contributed by atoms with E-state index < -0.39 is 22.6 Å². The molecule has 0 aromatic heterocycles. The highest BCUT2D eigenvalue weighted by Crippen LogP contribution is 2.35. The number of sulfonamides is 1. The number of hydrogen-bond acceptors (Lipinski definition) is 5. The number of nitrogens with zero attached hydrogens (tertiary/aromatic N) is 1. The molecule has 0 spiro atoms. The fourth-order valence-corrected chi connectivity index (χ4v) is 3.66. The van der Waals surface area contributed by atoms with E-state index in [0.717, 1.165) is 4.31 Å². The van der Waals surface area contributed by atoms with Crippen LogP contribution in [-0.2, 0) is 19.6 Å². The zero-order chi connectivity index (χ0) is 16.9. The highest BCUT2D eigenvalue weighted by atomic mass is 35.5. The second-order valence-electron chi connectivity index (χ2n) is 4.19. The van der Waals surface area contributed by atoms with Crippen molar-refractivity contribution in [1.29, 1.82) is 0 Å². The van der Waals surface area contributed by atoms with Crippen LogP contribution in [0.1, 0.15) is 0 Å². The minimum absolute atomic E-state index is 0.0239. The molecular formula is C12H15Cl2NO6S. The molecule has 0 saturated heterocycles. The minimum Gasteiger partial charge on any atom is -0.495 e. The summed E-state index contributed by atoms with van der Waals surface area (Å²) in [4.78, 5) is 10.1. The van der Waals surface area contributed by atoms with Gasteiger partial charge >= 0.3 is 5.97 Å². The van der Waals surface area contributed by atoms with Gasteiger partial charge < -0.3 is 14.6 Å². The molecule has 0 atom stereocenters. The third-order valence-corrected chi connectivity index (χ3v) is 5.21. The largest absolute Gasteiger partial charge is 0.495 e. The predicted octanol–water partition coefficient (Wildman–Crippen LogP) is 1.72. The molecule has 1 N–H and O–H groups in total. The van der Waals surface area contributed by atoms with Crippen molar-refractivity contribution in [3.63, 3.8) is 0 Å². The van der Waals surface area contributed by atoms with Crippen molar-refractivity contribution in [2.45, 2.75) is 4.90 Å². The van der Waals surface area contributed by atoms with E-state index in [-0.39, 0.29) is 33.8 Å². The van der Waals surface area contributed by atoms with Gasteiger partial charge in [-0.25, -0.2) is 13.2 Å². The van der Waals surface area contributed by atoms with Crippen LogP contribution in [0.5, 0.6) is 5.75 Å². The predicted molar refractivity (Wildman–Crippen MR) is 81.3 cm³/mol. The summed E-state index contributed by atoms with van der Waals surface area (Å²) in [5.74, 6) is -1.11. The second kappa shape index (κ2) is 7.98. The summed E-state index contributed by atoms with van der Waals surface area (Å²) in [7, 11) is -1.31. The Morgan fingerprint density at radius 2 is 2.00 bits per heavy atom. The first kappa shape index (κ1) is 19.0. The van der Waals surface area contributed by atoms with Gasteiger partial charge in [0.2, 0.25) is 10.0 Å². The van der Waals surface area contributed by atoms with E-state index in [0.29, 0.717) is 0 Å². The SMILES string of the molecule is COc1cc(Cl)cc(Cl)c1S(=O)(=O)N(C)CCOCC(=O)O. The molecule has 0 bridgehead atoms. The molecule has 0 radical (unpaired) electrons. The van der Waals surface area contributed by atoms with Crippen LogP contribution in [0.4, 0.5) is 0 Å². The lowest BCUT2D eigenvalue weighted by atomic mass is 10.3. The normalized spacial score (nSPS) is 11.7. The van der Waals surface area contributed by atoms with Crippen LogP contribution in [0.2, 0.25) is 10.0 Å². The van der Waals surface area contributed by atoms with Crippen molar-refractivity contribution >= 4 is 39.2 Å². The van der Waals surface area contributed by atoms with E-state index in [1.165, 1.54) is 26.3 Å². The molecule has 0 fully saturated rings. The third-order valence-electron chi connectivity index (χ3n) is 2.64. The van der Waals surface area contributed by atoms with Crippen LogP contribution in [-0.4, -0.2) is 57.7 Å². The Balaban J connectivity index is 2.96. The van der Waals surface area contributed by atoms with Crippen molar-refractivity contribution in [1.82, 2.24) is 4.31 Å². The number of hydrogen-bond donors (Lipinski definition) is 1. The fourth-order valence-electron chi connectivity index (χ4n) is 1.57. The van der Waals surface area contributed by atoms with Gasteiger partial charge in [-0.2, -0.15) is 4.31 Å². The van der Waals surface area contributed by atoms with Crippen molar-refractivity contribution in [3.8, 4) is 5.75 Å². The Bertz CT molecular complexity index is 649. The number of benzene rings is 1. The molecule has 22 heavy (non-hydrogen) atoms. The lowest BCUT2D eigenvalue weighted by Crippen LogP contribution is -2.31. The Labute approximate surface area is 138 Å². The smallest absolute Gasteiger partial charge is 0.329 e. The number of carbonyl (C=O) groups is 1. The molecular weight excluding hydrogens is 357 g/mol. The van der Waals surface area contributed by atoms with Crippen molar-refractivity contribution in [2.75, 3.05) is 33.9 Å². The summed E-state index contributed by atoms with van der Waals surface area (Å²) < 4.78 is 35.9. The van der Waals surface area contributed by atoms with Gasteiger partial charge in [0.15, 0.2) is 0 Å². The highest BCUT2D eigenvalue weighted by Gasteiger charge is 2.28. The molecule has 7 nitrogen and oxygen atoms in total. The second-order valence-corrected chi connectivity index (χ2v) is 7.02.